The second-order valence-corrected chi connectivity index (χ2v) is 5.97. The van der Waals surface area contributed by atoms with Crippen molar-refractivity contribution >= 4 is 12.2 Å². The lowest BCUT2D eigenvalue weighted by atomic mass is 9.83. The Morgan fingerprint density at radius 1 is 1.22 bits per heavy atom. The van der Waals surface area contributed by atoms with Gasteiger partial charge in [-0.1, -0.05) is 25.3 Å². The molecule has 0 unspecified atom stereocenters. The number of halogens is 2. The monoisotopic (exact) mass is 321 g/mol. The number of carbonyl (C=O) groups excluding carboxylic acids is 2. The SMILES string of the molecule is CC(=O)/C(Cc1ccc(F)c(F)c1)=C(\NC=O)C1CCCCC1. The number of rotatable bonds is 6. The van der Waals surface area contributed by atoms with Gasteiger partial charge in [0.2, 0.25) is 6.41 Å². The van der Waals surface area contributed by atoms with Crippen molar-refractivity contribution in [2.45, 2.75) is 45.4 Å². The van der Waals surface area contributed by atoms with Gasteiger partial charge in [0.1, 0.15) is 0 Å². The molecular weight excluding hydrogens is 300 g/mol. The zero-order valence-electron chi connectivity index (χ0n) is 13.2. The fraction of sp³-hybridized carbons (Fsp3) is 0.444. The Hall–Kier alpha value is -2.04. The first-order valence-electron chi connectivity index (χ1n) is 7.91. The number of hydrogen-bond acceptors (Lipinski definition) is 2. The molecule has 5 heteroatoms. The third kappa shape index (κ3) is 4.47. The predicted molar refractivity (Wildman–Crippen MR) is 83.5 cm³/mol. The second kappa shape index (κ2) is 7.99. The highest BCUT2D eigenvalue weighted by molar-refractivity contribution is 5.94. The highest BCUT2D eigenvalue weighted by atomic mass is 19.2. The molecule has 1 aromatic carbocycles. The summed E-state index contributed by atoms with van der Waals surface area (Å²) in [6.45, 7) is 1.44. The Morgan fingerprint density at radius 3 is 2.48 bits per heavy atom. The van der Waals surface area contributed by atoms with E-state index in [1.165, 1.54) is 13.0 Å². The van der Waals surface area contributed by atoms with Crippen molar-refractivity contribution in [3.05, 3.63) is 46.7 Å². The van der Waals surface area contributed by atoms with Gasteiger partial charge < -0.3 is 5.32 Å². The van der Waals surface area contributed by atoms with Crippen LogP contribution in [-0.4, -0.2) is 12.2 Å². The Labute approximate surface area is 134 Å². The molecule has 0 radical (unpaired) electrons. The van der Waals surface area contributed by atoms with Crippen LogP contribution in [0.5, 0.6) is 0 Å². The number of allylic oxidation sites excluding steroid dienone is 2. The molecule has 1 aliphatic carbocycles. The molecule has 2 rings (SSSR count). The molecule has 23 heavy (non-hydrogen) atoms. The average molecular weight is 321 g/mol. The summed E-state index contributed by atoms with van der Waals surface area (Å²) in [6, 6.07) is 3.61. The largest absolute Gasteiger partial charge is 0.332 e. The molecule has 1 fully saturated rings. The molecule has 0 aromatic heterocycles. The first-order valence-corrected chi connectivity index (χ1v) is 7.91. The maximum Gasteiger partial charge on any atom is 0.211 e. The summed E-state index contributed by atoms with van der Waals surface area (Å²) in [7, 11) is 0. The molecule has 3 nitrogen and oxygen atoms in total. The van der Waals surface area contributed by atoms with Gasteiger partial charge in [-0.3, -0.25) is 9.59 Å². The topological polar surface area (TPSA) is 46.2 Å². The van der Waals surface area contributed by atoms with E-state index in [0.717, 1.165) is 44.2 Å². The van der Waals surface area contributed by atoms with Crippen molar-refractivity contribution in [1.29, 1.82) is 0 Å². The van der Waals surface area contributed by atoms with Crippen molar-refractivity contribution in [3.63, 3.8) is 0 Å². The molecule has 1 N–H and O–H groups in total. The molecule has 1 saturated carbocycles. The highest BCUT2D eigenvalue weighted by Crippen LogP contribution is 2.31. The number of Topliss-reactive ketones (excluding diaryl/α,β-unsaturated/α-hetero) is 1. The highest BCUT2D eigenvalue weighted by Gasteiger charge is 2.23. The van der Waals surface area contributed by atoms with E-state index >= 15 is 0 Å². The lowest BCUT2D eigenvalue weighted by Gasteiger charge is -2.26. The van der Waals surface area contributed by atoms with E-state index in [1.807, 2.05) is 0 Å². The van der Waals surface area contributed by atoms with Gasteiger partial charge in [0, 0.05) is 17.7 Å². The van der Waals surface area contributed by atoms with Crippen molar-refractivity contribution in [1.82, 2.24) is 5.32 Å². The van der Waals surface area contributed by atoms with Gasteiger partial charge in [-0.25, -0.2) is 8.78 Å². The van der Waals surface area contributed by atoms with Gasteiger partial charge in [-0.05, 0) is 43.4 Å². The molecule has 0 saturated heterocycles. The van der Waals surface area contributed by atoms with Gasteiger partial charge >= 0.3 is 0 Å². The van der Waals surface area contributed by atoms with E-state index in [2.05, 4.69) is 5.32 Å². The summed E-state index contributed by atoms with van der Waals surface area (Å²) >= 11 is 0. The van der Waals surface area contributed by atoms with Crippen molar-refractivity contribution in [2.75, 3.05) is 0 Å². The maximum atomic E-state index is 13.4. The smallest absolute Gasteiger partial charge is 0.211 e. The summed E-state index contributed by atoms with van der Waals surface area (Å²) in [5.41, 5.74) is 1.61. The summed E-state index contributed by atoms with van der Waals surface area (Å²) in [5, 5.41) is 2.69. The number of hydrogen-bond donors (Lipinski definition) is 1. The van der Waals surface area contributed by atoms with E-state index in [-0.39, 0.29) is 18.1 Å². The van der Waals surface area contributed by atoms with Gasteiger partial charge in [0.25, 0.3) is 0 Å². The molecule has 0 bridgehead atoms. The van der Waals surface area contributed by atoms with E-state index < -0.39 is 11.6 Å². The van der Waals surface area contributed by atoms with E-state index in [9.17, 15) is 18.4 Å². The standard InChI is InChI=1S/C18H21F2NO2/c1-12(23)15(9-13-7-8-16(19)17(20)10-13)18(21-11-22)14-5-3-2-4-6-14/h7-8,10-11,14H,2-6,9H2,1H3,(H,21,22)/b18-15-. The first kappa shape index (κ1) is 17.3. The summed E-state index contributed by atoms with van der Waals surface area (Å²) < 4.78 is 26.4. The summed E-state index contributed by atoms with van der Waals surface area (Å²) in [6.07, 6.45) is 5.88. The zero-order valence-corrected chi connectivity index (χ0v) is 13.2. The molecule has 1 aromatic rings. The van der Waals surface area contributed by atoms with Crippen LogP contribution in [0.4, 0.5) is 8.78 Å². The molecule has 1 aliphatic rings. The van der Waals surface area contributed by atoms with Crippen LogP contribution >= 0.6 is 0 Å². The third-order valence-corrected chi connectivity index (χ3v) is 4.34. The quantitative estimate of drug-likeness (QED) is 0.642. The van der Waals surface area contributed by atoms with Gasteiger partial charge in [-0.15, -0.1) is 0 Å². The minimum atomic E-state index is -0.937. The Balaban J connectivity index is 2.36. The van der Waals surface area contributed by atoms with E-state index in [4.69, 9.17) is 0 Å². The van der Waals surface area contributed by atoms with E-state index in [1.54, 1.807) is 0 Å². The fourth-order valence-electron chi connectivity index (χ4n) is 3.17. The van der Waals surface area contributed by atoms with Crippen molar-refractivity contribution in [2.24, 2.45) is 5.92 Å². The van der Waals surface area contributed by atoms with Crippen LogP contribution in [0.25, 0.3) is 0 Å². The minimum absolute atomic E-state index is 0.137. The lowest BCUT2D eigenvalue weighted by molar-refractivity contribution is -0.113. The van der Waals surface area contributed by atoms with Crippen molar-refractivity contribution < 1.29 is 18.4 Å². The Kier molecular flexibility index (Phi) is 6.02. The number of ketones is 1. The van der Waals surface area contributed by atoms with Crippen molar-refractivity contribution in [3.8, 4) is 0 Å². The average Bonchev–Trinajstić information content (AvgIpc) is 2.54. The molecule has 1 amide bonds. The molecule has 0 atom stereocenters. The number of carbonyl (C=O) groups is 2. The Bertz CT molecular complexity index is 619. The predicted octanol–water partition coefficient (Wildman–Crippen LogP) is 3.68. The number of nitrogens with one attached hydrogen (secondary N) is 1. The maximum absolute atomic E-state index is 13.4. The number of benzene rings is 1. The van der Waals surface area contributed by atoms with Crippen LogP contribution in [0, 0.1) is 17.6 Å². The van der Waals surface area contributed by atoms with E-state index in [0.29, 0.717) is 23.2 Å². The molecule has 0 aliphatic heterocycles. The third-order valence-electron chi connectivity index (χ3n) is 4.34. The lowest BCUT2D eigenvalue weighted by Crippen LogP contribution is -2.25. The van der Waals surface area contributed by atoms with Gasteiger partial charge in [0.05, 0.1) is 0 Å². The summed E-state index contributed by atoms with van der Waals surface area (Å²) in [4.78, 5) is 23.0. The fourth-order valence-corrected chi connectivity index (χ4v) is 3.17. The molecule has 0 heterocycles. The van der Waals surface area contributed by atoms with Crippen LogP contribution < -0.4 is 5.32 Å². The molecule has 124 valence electrons. The number of amides is 1. The van der Waals surface area contributed by atoms with Gasteiger partial charge in [-0.2, -0.15) is 0 Å². The van der Waals surface area contributed by atoms with Crippen LogP contribution in [0.1, 0.15) is 44.6 Å². The first-order chi connectivity index (χ1) is 11.0. The van der Waals surface area contributed by atoms with Gasteiger partial charge in [0.15, 0.2) is 17.4 Å². The Morgan fingerprint density at radius 2 is 1.91 bits per heavy atom. The van der Waals surface area contributed by atoms with Crippen LogP contribution in [0.15, 0.2) is 29.5 Å². The molecular formula is C18H21F2NO2. The second-order valence-electron chi connectivity index (χ2n) is 5.97. The van der Waals surface area contributed by atoms with Crippen LogP contribution in [0.3, 0.4) is 0 Å². The van der Waals surface area contributed by atoms with Crippen LogP contribution in [0.2, 0.25) is 0 Å². The zero-order chi connectivity index (χ0) is 16.8. The minimum Gasteiger partial charge on any atom is -0.332 e. The summed E-state index contributed by atoms with van der Waals surface area (Å²) in [5.74, 6) is -1.88. The van der Waals surface area contributed by atoms with Crippen LogP contribution in [-0.2, 0) is 16.0 Å². The molecule has 0 spiro atoms. The normalized spacial score (nSPS) is 16.7.